The lowest BCUT2D eigenvalue weighted by molar-refractivity contribution is -0.116. The summed E-state index contributed by atoms with van der Waals surface area (Å²) in [4.78, 5) is 15.0. The zero-order chi connectivity index (χ0) is 13.2. The predicted molar refractivity (Wildman–Crippen MR) is 63.8 cm³/mol. The van der Waals surface area contributed by atoms with Gasteiger partial charge in [0.2, 0.25) is 5.89 Å². The summed E-state index contributed by atoms with van der Waals surface area (Å²) < 4.78 is 27.6. The summed E-state index contributed by atoms with van der Waals surface area (Å²) in [6, 6.07) is 0. The monoisotopic (exact) mass is 272 g/mol. The largest absolute Gasteiger partial charge is 0.339 e. The van der Waals surface area contributed by atoms with Crippen LogP contribution in [0.5, 0.6) is 0 Å². The second kappa shape index (κ2) is 5.17. The molecular weight excluding hydrogens is 256 g/mol. The highest BCUT2D eigenvalue weighted by Gasteiger charge is 2.25. The minimum Gasteiger partial charge on any atom is -0.339 e. The molecule has 1 aliphatic rings. The van der Waals surface area contributed by atoms with Crippen molar-refractivity contribution in [2.75, 3.05) is 11.5 Å². The first-order valence-corrected chi connectivity index (χ1v) is 7.78. The lowest BCUT2D eigenvalue weighted by Crippen LogP contribution is -2.24. The summed E-state index contributed by atoms with van der Waals surface area (Å²) in [5.74, 6) is 1.65. The minimum absolute atomic E-state index is 0.00823. The van der Waals surface area contributed by atoms with Crippen LogP contribution in [0, 0.1) is 5.92 Å². The second-order valence-electron chi connectivity index (χ2n) is 4.78. The second-order valence-corrected chi connectivity index (χ2v) is 7.09. The van der Waals surface area contributed by atoms with Gasteiger partial charge in [0.15, 0.2) is 5.82 Å². The maximum Gasteiger partial charge on any atom is 0.226 e. The zero-order valence-corrected chi connectivity index (χ0v) is 11.1. The third-order valence-electron chi connectivity index (χ3n) is 3.05. The van der Waals surface area contributed by atoms with Gasteiger partial charge in [-0.15, -0.1) is 0 Å². The number of ketones is 1. The molecule has 100 valence electrons. The Morgan fingerprint density at radius 2 is 2.06 bits per heavy atom. The Morgan fingerprint density at radius 1 is 1.39 bits per heavy atom. The lowest BCUT2D eigenvalue weighted by atomic mass is 9.99. The van der Waals surface area contributed by atoms with Crippen LogP contribution >= 0.6 is 0 Å². The fourth-order valence-electron chi connectivity index (χ4n) is 2.06. The van der Waals surface area contributed by atoms with E-state index in [1.165, 1.54) is 6.92 Å². The van der Waals surface area contributed by atoms with Gasteiger partial charge in [-0.1, -0.05) is 5.16 Å². The van der Waals surface area contributed by atoms with Gasteiger partial charge in [0, 0.05) is 6.42 Å². The number of carbonyl (C=O) groups excluding carboxylic acids is 1. The molecule has 7 heteroatoms. The fraction of sp³-hybridized carbons (Fsp3) is 0.727. The Bertz CT molecular complexity index is 521. The van der Waals surface area contributed by atoms with Gasteiger partial charge in [0.1, 0.15) is 15.6 Å². The average Bonchev–Trinajstić information content (AvgIpc) is 2.68. The van der Waals surface area contributed by atoms with E-state index >= 15 is 0 Å². The van der Waals surface area contributed by atoms with Gasteiger partial charge in [-0.2, -0.15) is 4.98 Å². The van der Waals surface area contributed by atoms with E-state index in [1.807, 2.05) is 0 Å². The quantitative estimate of drug-likeness (QED) is 0.796. The molecule has 0 aliphatic carbocycles. The molecule has 0 unspecified atom stereocenters. The Kier molecular flexibility index (Phi) is 3.79. The molecule has 0 radical (unpaired) electrons. The van der Waals surface area contributed by atoms with E-state index in [9.17, 15) is 13.2 Å². The number of hydrogen-bond donors (Lipinski definition) is 0. The predicted octanol–water partition coefficient (Wildman–Crippen LogP) is 0.568. The highest BCUT2D eigenvalue weighted by Crippen LogP contribution is 2.22. The van der Waals surface area contributed by atoms with Crippen LogP contribution in [-0.2, 0) is 27.5 Å². The Balaban J connectivity index is 1.90. The van der Waals surface area contributed by atoms with Crippen molar-refractivity contribution in [1.82, 2.24) is 10.1 Å². The van der Waals surface area contributed by atoms with E-state index in [-0.39, 0.29) is 29.6 Å². The number of aromatic nitrogens is 2. The van der Waals surface area contributed by atoms with Gasteiger partial charge in [0.25, 0.3) is 0 Å². The SMILES string of the molecule is CC(=O)Cc1noc(CC2CCS(=O)(=O)CC2)n1. The molecule has 1 aromatic heterocycles. The van der Waals surface area contributed by atoms with Crippen LogP contribution in [0.2, 0.25) is 0 Å². The van der Waals surface area contributed by atoms with Crippen molar-refractivity contribution >= 4 is 15.6 Å². The summed E-state index contributed by atoms with van der Waals surface area (Å²) in [6.45, 7) is 1.47. The number of rotatable bonds is 4. The first-order valence-electron chi connectivity index (χ1n) is 5.96. The summed E-state index contributed by atoms with van der Waals surface area (Å²) >= 11 is 0. The van der Waals surface area contributed by atoms with Crippen molar-refractivity contribution in [2.45, 2.75) is 32.6 Å². The molecule has 0 bridgehead atoms. The molecule has 1 aliphatic heterocycles. The lowest BCUT2D eigenvalue weighted by Gasteiger charge is -2.19. The first-order chi connectivity index (χ1) is 8.44. The van der Waals surface area contributed by atoms with E-state index in [4.69, 9.17) is 4.52 Å². The molecule has 0 aromatic carbocycles. The molecule has 0 atom stereocenters. The highest BCUT2D eigenvalue weighted by atomic mass is 32.2. The van der Waals surface area contributed by atoms with Crippen LogP contribution < -0.4 is 0 Å². The summed E-state index contributed by atoms with van der Waals surface area (Å²) in [7, 11) is -2.83. The van der Waals surface area contributed by atoms with Gasteiger partial charge in [-0.3, -0.25) is 4.79 Å². The molecule has 0 N–H and O–H groups in total. The van der Waals surface area contributed by atoms with Crippen molar-refractivity contribution in [1.29, 1.82) is 0 Å². The zero-order valence-electron chi connectivity index (χ0n) is 10.3. The maximum atomic E-state index is 11.3. The Hall–Kier alpha value is -1.24. The van der Waals surface area contributed by atoms with E-state index < -0.39 is 9.84 Å². The minimum atomic E-state index is -2.83. The third kappa shape index (κ3) is 3.63. The highest BCUT2D eigenvalue weighted by molar-refractivity contribution is 7.91. The average molecular weight is 272 g/mol. The molecule has 0 saturated carbocycles. The first kappa shape index (κ1) is 13.2. The number of nitrogens with zero attached hydrogens (tertiary/aromatic N) is 2. The van der Waals surface area contributed by atoms with Crippen molar-refractivity contribution in [2.24, 2.45) is 5.92 Å². The van der Waals surface area contributed by atoms with E-state index in [2.05, 4.69) is 10.1 Å². The molecule has 18 heavy (non-hydrogen) atoms. The smallest absolute Gasteiger partial charge is 0.226 e. The molecular formula is C11H16N2O4S. The summed E-state index contributed by atoms with van der Waals surface area (Å²) in [5.41, 5.74) is 0. The third-order valence-corrected chi connectivity index (χ3v) is 4.77. The summed E-state index contributed by atoms with van der Waals surface area (Å²) in [6.07, 6.45) is 2.07. The van der Waals surface area contributed by atoms with Crippen LogP contribution in [0.25, 0.3) is 0 Å². The molecule has 1 saturated heterocycles. The fourth-order valence-corrected chi connectivity index (χ4v) is 3.65. The molecule has 1 fully saturated rings. The van der Waals surface area contributed by atoms with E-state index in [0.717, 1.165) is 0 Å². The standard InChI is InChI=1S/C11H16N2O4S/c1-8(14)6-10-12-11(17-13-10)7-9-2-4-18(15,16)5-3-9/h9H,2-7H2,1H3. The van der Waals surface area contributed by atoms with E-state index in [1.54, 1.807) is 0 Å². The number of Topliss-reactive ketones (excluding diaryl/α,β-unsaturated/α-hetero) is 1. The number of sulfone groups is 1. The topological polar surface area (TPSA) is 90.1 Å². The van der Waals surface area contributed by atoms with Gasteiger partial charge in [0.05, 0.1) is 17.9 Å². The summed E-state index contributed by atoms with van der Waals surface area (Å²) in [5, 5.41) is 3.73. The van der Waals surface area contributed by atoms with Crippen LogP contribution in [0.1, 0.15) is 31.5 Å². The van der Waals surface area contributed by atoms with Crippen LogP contribution in [0.15, 0.2) is 4.52 Å². The molecule has 2 heterocycles. The molecule has 0 amide bonds. The maximum absolute atomic E-state index is 11.3. The molecule has 6 nitrogen and oxygen atoms in total. The van der Waals surface area contributed by atoms with Crippen LogP contribution in [0.4, 0.5) is 0 Å². The van der Waals surface area contributed by atoms with Crippen molar-refractivity contribution in [3.63, 3.8) is 0 Å². The Morgan fingerprint density at radius 3 is 2.67 bits per heavy atom. The van der Waals surface area contributed by atoms with Gasteiger partial charge < -0.3 is 4.52 Å². The number of hydrogen-bond acceptors (Lipinski definition) is 6. The van der Waals surface area contributed by atoms with Gasteiger partial charge in [-0.25, -0.2) is 8.42 Å². The molecule has 0 spiro atoms. The van der Waals surface area contributed by atoms with Crippen LogP contribution in [0.3, 0.4) is 0 Å². The van der Waals surface area contributed by atoms with Crippen molar-refractivity contribution < 1.29 is 17.7 Å². The van der Waals surface area contributed by atoms with Crippen molar-refractivity contribution in [3.8, 4) is 0 Å². The Labute approximate surface area is 106 Å². The molecule has 1 aromatic rings. The van der Waals surface area contributed by atoms with Gasteiger partial charge in [-0.05, 0) is 25.7 Å². The van der Waals surface area contributed by atoms with E-state index in [0.29, 0.717) is 31.0 Å². The van der Waals surface area contributed by atoms with Crippen LogP contribution in [-0.4, -0.2) is 35.8 Å². The molecule has 2 rings (SSSR count). The normalized spacial score (nSPS) is 19.8. The van der Waals surface area contributed by atoms with Gasteiger partial charge >= 0.3 is 0 Å². The number of carbonyl (C=O) groups is 1. The van der Waals surface area contributed by atoms with Crippen molar-refractivity contribution in [3.05, 3.63) is 11.7 Å².